The Morgan fingerprint density at radius 3 is 2.53 bits per heavy atom. The second-order valence-electron chi connectivity index (χ2n) is 4.83. The number of halogens is 2. The summed E-state index contributed by atoms with van der Waals surface area (Å²) in [4.78, 5) is 0. The van der Waals surface area contributed by atoms with Gasteiger partial charge in [0.15, 0.2) is 0 Å². The monoisotopic (exact) mass is 274 g/mol. The molecule has 0 radical (unpaired) electrons. The van der Waals surface area contributed by atoms with E-state index in [4.69, 9.17) is 11.6 Å². The summed E-state index contributed by atoms with van der Waals surface area (Å²) in [6.45, 7) is 7.89. The van der Waals surface area contributed by atoms with Gasteiger partial charge in [-0.15, -0.1) is 0 Å². The molecule has 0 atom stereocenters. The summed E-state index contributed by atoms with van der Waals surface area (Å²) in [5.74, 6) is -0.201. The average Bonchev–Trinajstić information content (AvgIpc) is 2.32. The standard InChI is InChI=1S/C17H16ClF/c1-11(2)17-7-5-15(18)10-14(17)9-13-4-6-16(19)8-12(13)3/h4-8,10H,1,9H2,2-3H3. The molecule has 0 heterocycles. The molecule has 2 heteroatoms. The molecule has 0 spiro atoms. The molecule has 0 fully saturated rings. The number of allylic oxidation sites excluding steroid dienone is 1. The predicted octanol–water partition coefficient (Wildman–Crippen LogP) is 5.41. The molecule has 19 heavy (non-hydrogen) atoms. The van der Waals surface area contributed by atoms with Crippen LogP contribution in [0.4, 0.5) is 4.39 Å². The third-order valence-electron chi connectivity index (χ3n) is 3.21. The van der Waals surface area contributed by atoms with Gasteiger partial charge < -0.3 is 0 Å². The van der Waals surface area contributed by atoms with Crippen LogP contribution in [-0.2, 0) is 6.42 Å². The van der Waals surface area contributed by atoms with E-state index in [9.17, 15) is 4.39 Å². The van der Waals surface area contributed by atoms with Crippen molar-refractivity contribution in [3.05, 3.63) is 76.1 Å². The van der Waals surface area contributed by atoms with Gasteiger partial charge in [0.1, 0.15) is 5.82 Å². The lowest BCUT2D eigenvalue weighted by atomic mass is 9.94. The van der Waals surface area contributed by atoms with Gasteiger partial charge in [-0.05, 0) is 66.8 Å². The zero-order valence-electron chi connectivity index (χ0n) is 11.1. The molecule has 0 amide bonds. The van der Waals surface area contributed by atoms with Crippen LogP contribution >= 0.6 is 11.6 Å². The van der Waals surface area contributed by atoms with Crippen molar-refractivity contribution >= 4 is 17.2 Å². The summed E-state index contributed by atoms with van der Waals surface area (Å²) in [7, 11) is 0. The van der Waals surface area contributed by atoms with E-state index >= 15 is 0 Å². The van der Waals surface area contributed by atoms with Crippen LogP contribution in [0.5, 0.6) is 0 Å². The highest BCUT2D eigenvalue weighted by molar-refractivity contribution is 6.30. The molecular formula is C17H16ClF. The molecule has 0 bridgehead atoms. The van der Waals surface area contributed by atoms with Crippen molar-refractivity contribution < 1.29 is 4.39 Å². The van der Waals surface area contributed by atoms with E-state index in [1.54, 1.807) is 6.07 Å². The van der Waals surface area contributed by atoms with E-state index in [0.29, 0.717) is 5.02 Å². The van der Waals surface area contributed by atoms with Crippen molar-refractivity contribution in [2.24, 2.45) is 0 Å². The SMILES string of the molecule is C=C(C)c1ccc(Cl)cc1Cc1ccc(F)cc1C. The maximum Gasteiger partial charge on any atom is 0.123 e. The highest BCUT2D eigenvalue weighted by atomic mass is 35.5. The lowest BCUT2D eigenvalue weighted by molar-refractivity contribution is 0.626. The molecule has 0 nitrogen and oxygen atoms in total. The van der Waals surface area contributed by atoms with Gasteiger partial charge in [-0.25, -0.2) is 4.39 Å². The number of rotatable bonds is 3. The summed E-state index contributed by atoms with van der Waals surface area (Å²) in [6.07, 6.45) is 0.731. The minimum Gasteiger partial charge on any atom is -0.207 e. The molecule has 2 rings (SSSR count). The van der Waals surface area contributed by atoms with Crippen molar-refractivity contribution in [1.82, 2.24) is 0 Å². The van der Waals surface area contributed by atoms with Crippen LogP contribution in [0.3, 0.4) is 0 Å². The summed E-state index contributed by atoms with van der Waals surface area (Å²) >= 11 is 6.06. The zero-order valence-corrected chi connectivity index (χ0v) is 11.9. The van der Waals surface area contributed by atoms with E-state index in [-0.39, 0.29) is 5.82 Å². The highest BCUT2D eigenvalue weighted by Crippen LogP contribution is 2.25. The fraction of sp³-hybridized carbons (Fsp3) is 0.176. The summed E-state index contributed by atoms with van der Waals surface area (Å²) < 4.78 is 13.1. The van der Waals surface area contributed by atoms with Crippen molar-refractivity contribution in [2.75, 3.05) is 0 Å². The normalized spacial score (nSPS) is 10.5. The summed E-state index contributed by atoms with van der Waals surface area (Å²) in [5.41, 5.74) is 5.29. The van der Waals surface area contributed by atoms with Crippen molar-refractivity contribution in [1.29, 1.82) is 0 Å². The number of hydrogen-bond acceptors (Lipinski definition) is 0. The Morgan fingerprint density at radius 1 is 1.16 bits per heavy atom. The van der Waals surface area contributed by atoms with Crippen LogP contribution < -0.4 is 0 Å². The molecule has 0 N–H and O–H groups in total. The lowest BCUT2D eigenvalue weighted by Gasteiger charge is -2.12. The van der Waals surface area contributed by atoms with E-state index < -0.39 is 0 Å². The van der Waals surface area contributed by atoms with E-state index in [2.05, 4.69) is 6.58 Å². The molecule has 0 saturated heterocycles. The quantitative estimate of drug-likeness (QED) is 0.702. The Hall–Kier alpha value is -1.60. The first-order valence-electron chi connectivity index (χ1n) is 6.16. The van der Waals surface area contributed by atoms with Crippen LogP contribution in [0, 0.1) is 12.7 Å². The molecular weight excluding hydrogens is 259 g/mol. The first-order valence-corrected chi connectivity index (χ1v) is 6.54. The van der Waals surface area contributed by atoms with Crippen LogP contribution in [0.2, 0.25) is 5.02 Å². The van der Waals surface area contributed by atoms with Gasteiger partial charge in [-0.3, -0.25) is 0 Å². The number of benzene rings is 2. The van der Waals surface area contributed by atoms with Gasteiger partial charge in [0.2, 0.25) is 0 Å². The Balaban J connectivity index is 2.42. The van der Waals surface area contributed by atoms with Gasteiger partial charge in [0.05, 0.1) is 0 Å². The Morgan fingerprint density at radius 2 is 1.89 bits per heavy atom. The molecule has 0 aliphatic carbocycles. The Bertz CT molecular complexity index is 629. The van der Waals surface area contributed by atoms with E-state index in [0.717, 1.165) is 34.2 Å². The molecule has 0 saturated carbocycles. The number of hydrogen-bond donors (Lipinski definition) is 0. The van der Waals surface area contributed by atoms with Gasteiger partial charge in [0, 0.05) is 5.02 Å². The first-order chi connectivity index (χ1) is 8.97. The van der Waals surface area contributed by atoms with Crippen molar-refractivity contribution in [3.63, 3.8) is 0 Å². The molecule has 98 valence electrons. The minimum atomic E-state index is -0.201. The first kappa shape index (κ1) is 13.8. The smallest absolute Gasteiger partial charge is 0.123 e. The van der Waals surface area contributed by atoms with E-state index in [1.807, 2.05) is 38.1 Å². The number of aryl methyl sites for hydroxylation is 1. The van der Waals surface area contributed by atoms with Crippen LogP contribution in [0.15, 0.2) is 43.0 Å². The molecule has 0 unspecified atom stereocenters. The fourth-order valence-electron chi connectivity index (χ4n) is 2.19. The third kappa shape index (κ3) is 3.24. The van der Waals surface area contributed by atoms with Crippen molar-refractivity contribution in [2.45, 2.75) is 20.3 Å². The molecule has 2 aromatic rings. The lowest BCUT2D eigenvalue weighted by Crippen LogP contribution is -1.97. The predicted molar refractivity (Wildman–Crippen MR) is 80.1 cm³/mol. The Labute approximate surface area is 118 Å². The maximum atomic E-state index is 13.1. The molecule has 2 aromatic carbocycles. The zero-order chi connectivity index (χ0) is 14.0. The summed E-state index contributed by atoms with van der Waals surface area (Å²) in [5, 5.41) is 0.708. The molecule has 0 aliphatic heterocycles. The Kier molecular flexibility index (Phi) is 4.06. The van der Waals surface area contributed by atoms with Gasteiger partial charge in [-0.1, -0.05) is 35.9 Å². The van der Waals surface area contributed by atoms with Gasteiger partial charge in [0.25, 0.3) is 0 Å². The van der Waals surface area contributed by atoms with Crippen molar-refractivity contribution in [3.8, 4) is 0 Å². The second kappa shape index (κ2) is 5.58. The van der Waals surface area contributed by atoms with Gasteiger partial charge in [-0.2, -0.15) is 0 Å². The second-order valence-corrected chi connectivity index (χ2v) is 5.27. The largest absolute Gasteiger partial charge is 0.207 e. The van der Waals surface area contributed by atoms with Crippen LogP contribution in [-0.4, -0.2) is 0 Å². The molecule has 0 aliphatic rings. The average molecular weight is 275 g/mol. The van der Waals surface area contributed by atoms with Crippen LogP contribution in [0.25, 0.3) is 5.57 Å². The molecule has 0 aromatic heterocycles. The topological polar surface area (TPSA) is 0 Å². The third-order valence-corrected chi connectivity index (χ3v) is 3.45. The van der Waals surface area contributed by atoms with Crippen LogP contribution in [0.1, 0.15) is 29.2 Å². The maximum absolute atomic E-state index is 13.1. The fourth-order valence-corrected chi connectivity index (χ4v) is 2.38. The van der Waals surface area contributed by atoms with Gasteiger partial charge >= 0.3 is 0 Å². The summed E-state index contributed by atoms with van der Waals surface area (Å²) in [6, 6.07) is 10.7. The van der Waals surface area contributed by atoms with E-state index in [1.165, 1.54) is 6.07 Å². The highest BCUT2D eigenvalue weighted by Gasteiger charge is 2.07. The minimum absolute atomic E-state index is 0.201.